The van der Waals surface area contributed by atoms with E-state index in [1.807, 2.05) is 0 Å². The number of nitrogens with two attached hydrogens (primary N) is 1. The minimum atomic E-state index is -0.345. The number of carbonyl (C=O) groups is 1. The number of benzene rings is 1. The highest BCUT2D eigenvalue weighted by Crippen LogP contribution is 2.54. The van der Waals surface area contributed by atoms with E-state index in [4.69, 9.17) is 5.73 Å². The molecule has 0 radical (unpaired) electrons. The maximum Gasteiger partial charge on any atom is 0.237 e. The van der Waals surface area contributed by atoms with Crippen molar-refractivity contribution in [3.63, 3.8) is 0 Å². The van der Waals surface area contributed by atoms with Gasteiger partial charge in [0.1, 0.15) is 0 Å². The fraction of sp³-hybridized carbons (Fsp3) is 0.562. The van der Waals surface area contributed by atoms with E-state index in [1.54, 1.807) is 0 Å². The summed E-state index contributed by atoms with van der Waals surface area (Å²) in [6, 6.07) is 8.60. The van der Waals surface area contributed by atoms with Crippen LogP contribution in [0.15, 0.2) is 24.3 Å². The summed E-state index contributed by atoms with van der Waals surface area (Å²) in [4.78, 5) is 12.0. The van der Waals surface area contributed by atoms with Gasteiger partial charge in [-0.1, -0.05) is 37.6 Å². The molecule has 3 N–H and O–H groups in total. The fourth-order valence-corrected chi connectivity index (χ4v) is 3.48. The van der Waals surface area contributed by atoms with Crippen LogP contribution >= 0.6 is 0 Å². The van der Waals surface area contributed by atoms with Crippen LogP contribution in [0.5, 0.6) is 0 Å². The number of amides is 1. The second-order valence-corrected chi connectivity index (χ2v) is 5.86. The summed E-state index contributed by atoms with van der Waals surface area (Å²) in [6.45, 7) is 2.06. The Morgan fingerprint density at radius 1 is 1.47 bits per heavy atom. The van der Waals surface area contributed by atoms with Crippen LogP contribution in [0.25, 0.3) is 0 Å². The Labute approximate surface area is 114 Å². The van der Waals surface area contributed by atoms with Crippen LogP contribution in [0.3, 0.4) is 0 Å². The van der Waals surface area contributed by atoms with Crippen molar-refractivity contribution in [3.8, 4) is 0 Å². The molecule has 1 saturated carbocycles. The summed E-state index contributed by atoms with van der Waals surface area (Å²) in [5, 5.41) is 3.16. The van der Waals surface area contributed by atoms with Crippen LogP contribution in [0, 0.1) is 5.92 Å². The highest BCUT2D eigenvalue weighted by Gasteiger charge is 2.53. The molecule has 102 valence electrons. The van der Waals surface area contributed by atoms with Crippen LogP contribution in [-0.2, 0) is 11.2 Å². The molecule has 1 fully saturated rings. The van der Waals surface area contributed by atoms with Gasteiger partial charge >= 0.3 is 0 Å². The molecule has 0 bridgehead atoms. The van der Waals surface area contributed by atoms with E-state index in [1.165, 1.54) is 17.5 Å². The molecule has 2 aliphatic rings. The quantitative estimate of drug-likeness (QED) is 0.867. The summed E-state index contributed by atoms with van der Waals surface area (Å²) < 4.78 is 0. The summed E-state index contributed by atoms with van der Waals surface area (Å²) in [7, 11) is 0. The molecule has 3 rings (SSSR count). The lowest BCUT2D eigenvalue weighted by atomic mass is 9.92. The number of hydrogen-bond acceptors (Lipinski definition) is 2. The van der Waals surface area contributed by atoms with E-state index in [0.29, 0.717) is 17.9 Å². The highest BCUT2D eigenvalue weighted by atomic mass is 16.2. The smallest absolute Gasteiger partial charge is 0.237 e. The predicted octanol–water partition coefficient (Wildman–Crippen LogP) is 1.96. The zero-order chi connectivity index (χ0) is 13.4. The number of fused-ring (bicyclic) bond motifs is 3. The van der Waals surface area contributed by atoms with Crippen molar-refractivity contribution < 1.29 is 4.79 Å². The average Bonchev–Trinajstić information content (AvgIpc) is 3.13. The predicted molar refractivity (Wildman–Crippen MR) is 75.8 cm³/mol. The van der Waals surface area contributed by atoms with Crippen LogP contribution in [0.1, 0.15) is 43.2 Å². The van der Waals surface area contributed by atoms with Crippen LogP contribution < -0.4 is 11.1 Å². The Morgan fingerprint density at radius 2 is 2.26 bits per heavy atom. The van der Waals surface area contributed by atoms with E-state index in [-0.39, 0.29) is 11.9 Å². The fourth-order valence-electron chi connectivity index (χ4n) is 3.48. The number of aryl methyl sites for hydroxylation is 1. The van der Waals surface area contributed by atoms with Gasteiger partial charge < -0.3 is 11.1 Å². The van der Waals surface area contributed by atoms with Crippen molar-refractivity contribution in [3.05, 3.63) is 35.4 Å². The molecule has 1 aromatic rings. The van der Waals surface area contributed by atoms with Crippen molar-refractivity contribution >= 4 is 5.91 Å². The first-order valence-electron chi connectivity index (χ1n) is 7.36. The maximum atomic E-state index is 12.0. The minimum Gasteiger partial charge on any atom is -0.351 e. The Kier molecular flexibility index (Phi) is 3.31. The molecule has 0 saturated heterocycles. The van der Waals surface area contributed by atoms with Gasteiger partial charge in [0.15, 0.2) is 0 Å². The lowest BCUT2D eigenvalue weighted by Crippen LogP contribution is -2.42. The second-order valence-electron chi connectivity index (χ2n) is 5.86. The molecule has 3 nitrogen and oxygen atoms in total. The summed E-state index contributed by atoms with van der Waals surface area (Å²) in [6.07, 6.45) is 4.06. The lowest BCUT2D eigenvalue weighted by molar-refractivity contribution is -0.122. The SMILES string of the molecule is CCCC(N)C(=O)NC1C2CCc3ccccc3C21. The van der Waals surface area contributed by atoms with E-state index in [0.717, 1.165) is 19.3 Å². The van der Waals surface area contributed by atoms with Crippen LogP contribution in [0.2, 0.25) is 0 Å². The van der Waals surface area contributed by atoms with Crippen molar-refractivity contribution in [1.29, 1.82) is 0 Å². The highest BCUT2D eigenvalue weighted by molar-refractivity contribution is 5.82. The second kappa shape index (κ2) is 4.97. The van der Waals surface area contributed by atoms with Crippen molar-refractivity contribution in [2.24, 2.45) is 11.7 Å². The monoisotopic (exact) mass is 258 g/mol. The molecule has 0 heterocycles. The number of hydrogen-bond donors (Lipinski definition) is 2. The molecule has 19 heavy (non-hydrogen) atoms. The molecule has 1 aromatic carbocycles. The first-order chi connectivity index (χ1) is 9.22. The van der Waals surface area contributed by atoms with Gasteiger partial charge in [-0.3, -0.25) is 4.79 Å². The molecule has 1 amide bonds. The topological polar surface area (TPSA) is 55.1 Å². The van der Waals surface area contributed by atoms with Crippen molar-refractivity contribution in [2.45, 2.75) is 50.6 Å². The summed E-state index contributed by atoms with van der Waals surface area (Å²) in [5.41, 5.74) is 8.77. The van der Waals surface area contributed by atoms with Gasteiger partial charge in [0, 0.05) is 12.0 Å². The molecule has 0 aromatic heterocycles. The van der Waals surface area contributed by atoms with Crippen LogP contribution in [0.4, 0.5) is 0 Å². The van der Waals surface area contributed by atoms with Gasteiger partial charge in [-0.25, -0.2) is 0 Å². The number of nitrogens with one attached hydrogen (secondary N) is 1. The molecular formula is C16H22N2O. The zero-order valence-electron chi connectivity index (χ0n) is 11.4. The van der Waals surface area contributed by atoms with Gasteiger partial charge in [0.25, 0.3) is 0 Å². The van der Waals surface area contributed by atoms with Crippen molar-refractivity contribution in [2.75, 3.05) is 0 Å². The lowest BCUT2D eigenvalue weighted by Gasteiger charge is -2.13. The van der Waals surface area contributed by atoms with E-state index in [2.05, 4.69) is 36.5 Å². The normalized spacial score (nSPS) is 29.1. The van der Waals surface area contributed by atoms with Gasteiger partial charge in [0.05, 0.1) is 6.04 Å². The Bertz CT molecular complexity index is 485. The third-order valence-corrected chi connectivity index (χ3v) is 4.58. The largest absolute Gasteiger partial charge is 0.351 e. The Hall–Kier alpha value is -1.35. The molecule has 4 unspecified atom stereocenters. The number of carbonyl (C=O) groups excluding carboxylic acids is 1. The molecule has 0 aliphatic heterocycles. The standard InChI is InChI=1S/C16H22N2O/c1-2-5-13(17)16(19)18-15-12-9-8-10-6-3-4-7-11(10)14(12)15/h3-4,6-7,12-15H,2,5,8-9,17H2,1H3,(H,18,19). The third-order valence-electron chi connectivity index (χ3n) is 4.58. The van der Waals surface area contributed by atoms with Gasteiger partial charge in [-0.2, -0.15) is 0 Å². The van der Waals surface area contributed by atoms with E-state index < -0.39 is 0 Å². The summed E-state index contributed by atoms with van der Waals surface area (Å²) in [5.74, 6) is 1.19. The maximum absolute atomic E-state index is 12.0. The molecule has 4 atom stereocenters. The Morgan fingerprint density at radius 3 is 3.05 bits per heavy atom. The van der Waals surface area contributed by atoms with Gasteiger partial charge in [0.2, 0.25) is 5.91 Å². The van der Waals surface area contributed by atoms with E-state index >= 15 is 0 Å². The van der Waals surface area contributed by atoms with Gasteiger partial charge in [-0.05, 0) is 36.3 Å². The first-order valence-corrected chi connectivity index (χ1v) is 7.36. The first kappa shape index (κ1) is 12.7. The van der Waals surface area contributed by atoms with E-state index in [9.17, 15) is 4.79 Å². The third kappa shape index (κ3) is 2.27. The Balaban J connectivity index is 1.66. The van der Waals surface area contributed by atoms with Crippen LogP contribution in [-0.4, -0.2) is 18.0 Å². The molecular weight excluding hydrogens is 236 g/mol. The molecule has 0 spiro atoms. The van der Waals surface area contributed by atoms with Gasteiger partial charge in [-0.15, -0.1) is 0 Å². The minimum absolute atomic E-state index is 0.0266. The zero-order valence-corrected chi connectivity index (χ0v) is 11.4. The number of rotatable bonds is 4. The average molecular weight is 258 g/mol. The summed E-state index contributed by atoms with van der Waals surface area (Å²) >= 11 is 0. The molecule has 3 heteroatoms. The van der Waals surface area contributed by atoms with Crippen molar-refractivity contribution in [1.82, 2.24) is 5.32 Å². The molecule has 2 aliphatic carbocycles.